The molecule has 0 unspecified atom stereocenters. The lowest BCUT2D eigenvalue weighted by Gasteiger charge is -2.21. The van der Waals surface area contributed by atoms with Crippen LogP contribution in [0, 0.1) is 5.82 Å². The Kier molecular flexibility index (Phi) is 5.17. The van der Waals surface area contributed by atoms with Gasteiger partial charge in [-0.1, -0.05) is 29.8 Å². The summed E-state index contributed by atoms with van der Waals surface area (Å²) in [6.45, 7) is 2.74. The molecule has 0 aliphatic carbocycles. The number of nitrogens with zero attached hydrogens (tertiary/aromatic N) is 1. The van der Waals surface area contributed by atoms with Gasteiger partial charge in [-0.2, -0.15) is 0 Å². The van der Waals surface area contributed by atoms with E-state index in [-0.39, 0.29) is 11.8 Å². The van der Waals surface area contributed by atoms with Crippen LogP contribution in [0.25, 0.3) is 0 Å². The lowest BCUT2D eigenvalue weighted by Crippen LogP contribution is -2.34. The fourth-order valence-corrected chi connectivity index (χ4v) is 2.14. The van der Waals surface area contributed by atoms with Gasteiger partial charge in [0.15, 0.2) is 0 Å². The number of carbonyl (C=O) groups excluding carboxylic acids is 1. The molecule has 2 rings (SSSR count). The van der Waals surface area contributed by atoms with E-state index in [9.17, 15) is 9.18 Å². The molecule has 0 aromatic heterocycles. The van der Waals surface area contributed by atoms with E-state index in [1.54, 1.807) is 41.3 Å². The van der Waals surface area contributed by atoms with Crippen molar-refractivity contribution < 1.29 is 9.18 Å². The molecule has 0 aliphatic rings. The van der Waals surface area contributed by atoms with Crippen molar-refractivity contribution in [3.63, 3.8) is 0 Å². The fraction of sp³-hybridized carbons (Fsp3) is 0.188. The molecule has 0 aliphatic heterocycles. The quantitative estimate of drug-likeness (QED) is 0.884. The molecule has 0 heterocycles. The molecule has 2 aromatic carbocycles. The highest BCUT2D eigenvalue weighted by Gasteiger charge is 2.12. The van der Waals surface area contributed by atoms with Gasteiger partial charge in [0, 0.05) is 23.8 Å². The molecule has 110 valence electrons. The minimum absolute atomic E-state index is 0.246. The van der Waals surface area contributed by atoms with Crippen molar-refractivity contribution in [2.24, 2.45) is 0 Å². The van der Waals surface area contributed by atoms with Gasteiger partial charge in [0.2, 0.25) is 0 Å². The molecule has 1 N–H and O–H groups in total. The molecule has 3 nitrogen and oxygen atoms in total. The third-order valence-corrected chi connectivity index (χ3v) is 3.24. The van der Waals surface area contributed by atoms with Gasteiger partial charge in [0.25, 0.3) is 0 Å². The number of benzene rings is 2. The van der Waals surface area contributed by atoms with Crippen LogP contribution in [0.1, 0.15) is 12.5 Å². The number of urea groups is 1. The van der Waals surface area contributed by atoms with Crippen molar-refractivity contribution in [3.8, 4) is 0 Å². The zero-order valence-corrected chi connectivity index (χ0v) is 12.4. The number of amides is 2. The van der Waals surface area contributed by atoms with E-state index in [0.29, 0.717) is 23.8 Å². The third kappa shape index (κ3) is 4.46. The number of halogens is 2. The molecule has 2 amide bonds. The van der Waals surface area contributed by atoms with Gasteiger partial charge in [-0.3, -0.25) is 0 Å². The first-order valence-corrected chi connectivity index (χ1v) is 7.02. The van der Waals surface area contributed by atoms with Crippen LogP contribution in [0.2, 0.25) is 5.02 Å². The summed E-state index contributed by atoms with van der Waals surface area (Å²) in [5.74, 6) is -0.307. The SMILES string of the molecule is CCN(Cc1cccc(F)c1)C(=O)Nc1cccc(Cl)c1. The molecule has 0 bridgehead atoms. The van der Waals surface area contributed by atoms with E-state index in [2.05, 4.69) is 5.32 Å². The zero-order valence-electron chi connectivity index (χ0n) is 11.6. The number of anilines is 1. The summed E-state index contributed by atoms with van der Waals surface area (Å²) in [5, 5.41) is 3.33. The van der Waals surface area contributed by atoms with E-state index in [0.717, 1.165) is 5.56 Å². The average Bonchev–Trinajstić information content (AvgIpc) is 2.44. The van der Waals surface area contributed by atoms with E-state index in [1.807, 2.05) is 6.92 Å². The summed E-state index contributed by atoms with van der Waals surface area (Å²) < 4.78 is 13.2. The maximum absolute atomic E-state index is 13.2. The molecule has 2 aromatic rings. The summed E-state index contributed by atoms with van der Waals surface area (Å²) in [5.41, 5.74) is 1.38. The predicted molar refractivity (Wildman–Crippen MR) is 83.0 cm³/mol. The second-order valence-corrected chi connectivity index (χ2v) is 5.02. The molecule has 5 heteroatoms. The predicted octanol–water partition coefficient (Wildman–Crippen LogP) is 4.53. The standard InChI is InChI=1S/C16H16ClFN2O/c1-2-20(11-12-5-3-7-14(18)9-12)16(21)19-15-8-4-6-13(17)10-15/h3-10H,2,11H2,1H3,(H,19,21). The van der Waals surface area contributed by atoms with Gasteiger partial charge < -0.3 is 10.2 Å². The Hall–Kier alpha value is -2.07. The van der Waals surface area contributed by atoms with Crippen LogP contribution in [-0.2, 0) is 6.54 Å². The summed E-state index contributed by atoms with van der Waals surface area (Å²) in [7, 11) is 0. The highest BCUT2D eigenvalue weighted by molar-refractivity contribution is 6.30. The van der Waals surface area contributed by atoms with Crippen LogP contribution in [0.4, 0.5) is 14.9 Å². The second kappa shape index (κ2) is 7.09. The van der Waals surface area contributed by atoms with Gasteiger partial charge in [-0.25, -0.2) is 9.18 Å². The third-order valence-electron chi connectivity index (χ3n) is 3.01. The van der Waals surface area contributed by atoms with Gasteiger partial charge in [0.1, 0.15) is 5.82 Å². The van der Waals surface area contributed by atoms with Crippen molar-refractivity contribution in [1.29, 1.82) is 0 Å². The van der Waals surface area contributed by atoms with Gasteiger partial charge in [-0.15, -0.1) is 0 Å². The minimum atomic E-state index is -0.307. The summed E-state index contributed by atoms with van der Waals surface area (Å²) in [6.07, 6.45) is 0. The first-order chi connectivity index (χ1) is 10.1. The van der Waals surface area contributed by atoms with Gasteiger partial charge in [0.05, 0.1) is 0 Å². The Morgan fingerprint density at radius 2 is 2.00 bits per heavy atom. The number of rotatable bonds is 4. The number of carbonyl (C=O) groups is 1. The molecular formula is C16H16ClFN2O. The normalized spacial score (nSPS) is 10.2. The van der Waals surface area contributed by atoms with Crippen LogP contribution in [0.5, 0.6) is 0 Å². The monoisotopic (exact) mass is 306 g/mol. The minimum Gasteiger partial charge on any atom is -0.320 e. The van der Waals surface area contributed by atoms with E-state index in [4.69, 9.17) is 11.6 Å². The van der Waals surface area contributed by atoms with E-state index < -0.39 is 0 Å². The summed E-state index contributed by atoms with van der Waals surface area (Å²) in [4.78, 5) is 13.8. The molecular weight excluding hydrogens is 291 g/mol. The topological polar surface area (TPSA) is 32.3 Å². The summed E-state index contributed by atoms with van der Waals surface area (Å²) in [6, 6.07) is 12.9. The van der Waals surface area contributed by atoms with Crippen molar-refractivity contribution >= 4 is 23.3 Å². The lowest BCUT2D eigenvalue weighted by atomic mass is 10.2. The van der Waals surface area contributed by atoms with Crippen molar-refractivity contribution in [1.82, 2.24) is 4.90 Å². The van der Waals surface area contributed by atoms with Crippen LogP contribution >= 0.6 is 11.6 Å². The summed E-state index contributed by atoms with van der Waals surface area (Å²) >= 11 is 5.88. The molecule has 0 spiro atoms. The number of hydrogen-bond donors (Lipinski definition) is 1. The zero-order chi connectivity index (χ0) is 15.2. The van der Waals surface area contributed by atoms with Crippen LogP contribution < -0.4 is 5.32 Å². The first kappa shape index (κ1) is 15.3. The smallest absolute Gasteiger partial charge is 0.320 e. The highest BCUT2D eigenvalue weighted by atomic mass is 35.5. The number of nitrogens with one attached hydrogen (secondary N) is 1. The molecule has 21 heavy (non-hydrogen) atoms. The Bertz CT molecular complexity index is 633. The van der Waals surface area contributed by atoms with Crippen molar-refractivity contribution in [2.45, 2.75) is 13.5 Å². The number of hydrogen-bond acceptors (Lipinski definition) is 1. The van der Waals surface area contributed by atoms with Gasteiger partial charge >= 0.3 is 6.03 Å². The Morgan fingerprint density at radius 3 is 2.67 bits per heavy atom. The van der Waals surface area contributed by atoms with Crippen molar-refractivity contribution in [3.05, 3.63) is 64.9 Å². The van der Waals surface area contributed by atoms with Crippen LogP contribution in [0.15, 0.2) is 48.5 Å². The van der Waals surface area contributed by atoms with Gasteiger partial charge in [-0.05, 0) is 42.8 Å². The highest BCUT2D eigenvalue weighted by Crippen LogP contribution is 2.16. The molecule has 0 saturated heterocycles. The largest absolute Gasteiger partial charge is 0.322 e. The van der Waals surface area contributed by atoms with E-state index in [1.165, 1.54) is 12.1 Å². The maximum Gasteiger partial charge on any atom is 0.322 e. The molecule has 0 radical (unpaired) electrons. The van der Waals surface area contributed by atoms with Crippen LogP contribution in [0.3, 0.4) is 0 Å². The molecule has 0 fully saturated rings. The fourth-order valence-electron chi connectivity index (χ4n) is 1.95. The molecule has 0 atom stereocenters. The lowest BCUT2D eigenvalue weighted by molar-refractivity contribution is 0.212. The van der Waals surface area contributed by atoms with Crippen molar-refractivity contribution in [2.75, 3.05) is 11.9 Å². The first-order valence-electron chi connectivity index (χ1n) is 6.64. The second-order valence-electron chi connectivity index (χ2n) is 4.58. The average molecular weight is 307 g/mol. The Labute approximate surface area is 128 Å². The van der Waals surface area contributed by atoms with E-state index >= 15 is 0 Å². The molecule has 0 saturated carbocycles. The Balaban J connectivity index is 2.05. The Morgan fingerprint density at radius 1 is 1.24 bits per heavy atom. The maximum atomic E-state index is 13.2. The van der Waals surface area contributed by atoms with Crippen LogP contribution in [-0.4, -0.2) is 17.5 Å².